The highest BCUT2D eigenvalue weighted by atomic mass is 16.4. The van der Waals surface area contributed by atoms with E-state index < -0.39 is 5.97 Å². The lowest BCUT2D eigenvalue weighted by Crippen LogP contribution is -2.36. The van der Waals surface area contributed by atoms with Crippen LogP contribution in [0.5, 0.6) is 0 Å². The monoisotopic (exact) mass is 300 g/mol. The molecule has 3 rings (SSSR count). The Morgan fingerprint density at radius 1 is 1.23 bits per heavy atom. The van der Waals surface area contributed by atoms with E-state index in [1.165, 1.54) is 22.0 Å². The van der Waals surface area contributed by atoms with E-state index in [1.807, 2.05) is 7.05 Å². The van der Waals surface area contributed by atoms with Crippen molar-refractivity contribution in [2.45, 2.75) is 52.2 Å². The molecule has 0 fully saturated rings. The summed E-state index contributed by atoms with van der Waals surface area (Å²) in [5.74, 6) is -0.739. The number of aryl methyl sites for hydroxylation is 2. The zero-order valence-corrected chi connectivity index (χ0v) is 13.8. The molecule has 1 aliphatic rings. The lowest BCUT2D eigenvalue weighted by atomic mass is 10.0. The van der Waals surface area contributed by atoms with E-state index in [1.54, 1.807) is 0 Å². The van der Waals surface area contributed by atoms with Gasteiger partial charge in [0.05, 0.1) is 0 Å². The van der Waals surface area contributed by atoms with E-state index in [9.17, 15) is 4.79 Å². The minimum absolute atomic E-state index is 0.164. The molecule has 118 valence electrons. The summed E-state index contributed by atoms with van der Waals surface area (Å²) >= 11 is 0. The molecule has 0 aliphatic carbocycles. The fourth-order valence-electron chi connectivity index (χ4n) is 3.27. The van der Waals surface area contributed by atoms with Crippen molar-refractivity contribution < 1.29 is 9.90 Å². The maximum absolute atomic E-state index is 10.8. The number of hydrogen-bond donors (Lipinski definition) is 1. The number of carbonyl (C=O) groups is 1. The number of benzene rings is 1. The Hall–Kier alpha value is -1.81. The van der Waals surface area contributed by atoms with Crippen molar-refractivity contribution >= 4 is 16.9 Å². The second kappa shape index (κ2) is 5.13. The van der Waals surface area contributed by atoms with Gasteiger partial charge < -0.3 is 9.67 Å². The van der Waals surface area contributed by atoms with Crippen LogP contribution in [-0.2, 0) is 31.4 Å². The van der Waals surface area contributed by atoms with Crippen LogP contribution in [0.15, 0.2) is 18.3 Å². The number of nitrogens with zero attached hydrogens (tertiary/aromatic N) is 2. The van der Waals surface area contributed by atoms with Gasteiger partial charge in [0, 0.05) is 49.2 Å². The third kappa shape index (κ3) is 2.63. The average molecular weight is 300 g/mol. The third-order valence-corrected chi connectivity index (χ3v) is 4.67. The van der Waals surface area contributed by atoms with Gasteiger partial charge in [-0.1, -0.05) is 0 Å². The fourth-order valence-corrected chi connectivity index (χ4v) is 3.27. The highest BCUT2D eigenvalue weighted by molar-refractivity contribution is 5.86. The quantitative estimate of drug-likeness (QED) is 0.946. The van der Waals surface area contributed by atoms with E-state index in [0.29, 0.717) is 6.42 Å². The van der Waals surface area contributed by atoms with Crippen LogP contribution in [0.25, 0.3) is 10.9 Å². The van der Waals surface area contributed by atoms with E-state index in [0.717, 1.165) is 18.7 Å². The number of carboxylic acid groups (broad SMARTS) is 1. The first-order valence-corrected chi connectivity index (χ1v) is 7.82. The van der Waals surface area contributed by atoms with Crippen molar-refractivity contribution in [2.75, 3.05) is 0 Å². The van der Waals surface area contributed by atoms with Crippen molar-refractivity contribution in [3.05, 3.63) is 35.0 Å². The molecule has 1 aliphatic heterocycles. The summed E-state index contributed by atoms with van der Waals surface area (Å²) in [6, 6.07) is 4.55. The lowest BCUT2D eigenvalue weighted by Gasteiger charge is -2.31. The summed E-state index contributed by atoms with van der Waals surface area (Å²) in [6.07, 6.45) is 2.85. The van der Waals surface area contributed by atoms with Crippen molar-refractivity contribution in [2.24, 2.45) is 7.05 Å². The molecule has 2 aromatic rings. The molecule has 1 aromatic carbocycles. The first-order chi connectivity index (χ1) is 10.3. The van der Waals surface area contributed by atoms with Gasteiger partial charge in [-0.15, -0.1) is 0 Å². The Labute approximate surface area is 131 Å². The molecule has 0 saturated carbocycles. The fraction of sp³-hybridized carbons (Fsp3) is 0.500. The molecule has 0 atom stereocenters. The molecule has 0 radical (unpaired) electrons. The molecule has 4 nitrogen and oxygen atoms in total. The normalized spacial score (nSPS) is 15.5. The maximum atomic E-state index is 10.8. The minimum Gasteiger partial charge on any atom is -0.481 e. The summed E-state index contributed by atoms with van der Waals surface area (Å²) in [5.41, 5.74) is 5.28. The highest BCUT2D eigenvalue weighted by Crippen LogP contribution is 2.33. The molecule has 2 heterocycles. The van der Waals surface area contributed by atoms with Crippen molar-refractivity contribution in [1.29, 1.82) is 0 Å². The molecule has 0 unspecified atom stereocenters. The highest BCUT2D eigenvalue weighted by Gasteiger charge is 2.28. The van der Waals surface area contributed by atoms with E-state index in [-0.39, 0.29) is 12.0 Å². The van der Waals surface area contributed by atoms with Crippen LogP contribution < -0.4 is 0 Å². The number of aromatic nitrogens is 1. The zero-order valence-electron chi connectivity index (χ0n) is 13.8. The number of rotatable bonds is 3. The second-order valence-corrected chi connectivity index (χ2v) is 7.32. The second-order valence-electron chi connectivity index (χ2n) is 7.32. The topological polar surface area (TPSA) is 45.5 Å². The first kappa shape index (κ1) is 15.1. The molecular weight excluding hydrogens is 276 g/mol. The van der Waals surface area contributed by atoms with E-state index in [4.69, 9.17) is 5.11 Å². The van der Waals surface area contributed by atoms with Gasteiger partial charge in [-0.3, -0.25) is 9.69 Å². The Balaban J connectivity index is 1.99. The van der Waals surface area contributed by atoms with Gasteiger partial charge in [0.25, 0.3) is 0 Å². The van der Waals surface area contributed by atoms with Gasteiger partial charge in [0.2, 0.25) is 0 Å². The Kier molecular flexibility index (Phi) is 3.52. The van der Waals surface area contributed by atoms with Crippen LogP contribution in [-0.4, -0.2) is 26.1 Å². The van der Waals surface area contributed by atoms with Gasteiger partial charge in [0.15, 0.2) is 0 Å². The Morgan fingerprint density at radius 2 is 1.86 bits per heavy atom. The summed E-state index contributed by atoms with van der Waals surface area (Å²) in [4.78, 5) is 13.3. The number of carboxylic acids is 1. The van der Waals surface area contributed by atoms with Crippen LogP contribution in [0.1, 0.15) is 43.9 Å². The van der Waals surface area contributed by atoms with Crippen molar-refractivity contribution in [3.63, 3.8) is 0 Å². The summed E-state index contributed by atoms with van der Waals surface area (Å²) in [7, 11) is 2.04. The zero-order chi connectivity index (χ0) is 16.1. The predicted octanol–water partition coefficient (Wildman–Crippen LogP) is 3.31. The van der Waals surface area contributed by atoms with Gasteiger partial charge in [-0.2, -0.15) is 0 Å². The summed E-state index contributed by atoms with van der Waals surface area (Å²) in [5, 5.41) is 10.1. The van der Waals surface area contributed by atoms with Crippen LogP contribution in [0.2, 0.25) is 0 Å². The molecule has 1 N–H and O–H groups in total. The van der Waals surface area contributed by atoms with Crippen LogP contribution in [0.4, 0.5) is 0 Å². The molecule has 22 heavy (non-hydrogen) atoms. The average Bonchev–Trinajstić information content (AvgIpc) is 2.95. The molecule has 0 bridgehead atoms. The standard InChI is InChI=1S/C18H24N2O2/c1-18(2,3)20-10-13-7-15-12(5-6-17(21)22)9-19(4)16(15)8-14(13)11-20/h7-9H,5-6,10-11H2,1-4H3,(H,21,22). The molecule has 0 saturated heterocycles. The summed E-state index contributed by atoms with van der Waals surface area (Å²) < 4.78 is 2.12. The first-order valence-electron chi connectivity index (χ1n) is 7.82. The van der Waals surface area contributed by atoms with E-state index in [2.05, 4.69) is 48.6 Å². The minimum atomic E-state index is -0.739. The molecule has 1 aromatic heterocycles. The molecule has 0 spiro atoms. The van der Waals surface area contributed by atoms with Crippen LogP contribution >= 0.6 is 0 Å². The SMILES string of the molecule is Cn1cc(CCC(=O)O)c2cc3c(cc21)CN(C(C)(C)C)C3. The Bertz CT molecular complexity index is 738. The van der Waals surface area contributed by atoms with Crippen LogP contribution in [0, 0.1) is 0 Å². The van der Waals surface area contributed by atoms with Gasteiger partial charge >= 0.3 is 5.97 Å². The molecular formula is C18H24N2O2. The molecule has 0 amide bonds. The van der Waals surface area contributed by atoms with Gasteiger partial charge in [0.1, 0.15) is 0 Å². The largest absolute Gasteiger partial charge is 0.481 e. The summed E-state index contributed by atoms with van der Waals surface area (Å²) in [6.45, 7) is 8.71. The van der Waals surface area contributed by atoms with E-state index >= 15 is 0 Å². The molecule has 4 heteroatoms. The number of aliphatic carboxylic acids is 1. The van der Waals surface area contributed by atoms with Gasteiger partial charge in [-0.25, -0.2) is 0 Å². The van der Waals surface area contributed by atoms with Crippen LogP contribution in [0.3, 0.4) is 0 Å². The van der Waals surface area contributed by atoms with Gasteiger partial charge in [-0.05, 0) is 56.0 Å². The van der Waals surface area contributed by atoms with Crippen molar-refractivity contribution in [1.82, 2.24) is 9.47 Å². The maximum Gasteiger partial charge on any atom is 0.303 e. The third-order valence-electron chi connectivity index (χ3n) is 4.67. The number of fused-ring (bicyclic) bond motifs is 2. The Morgan fingerprint density at radius 3 is 2.45 bits per heavy atom. The predicted molar refractivity (Wildman–Crippen MR) is 87.9 cm³/mol. The lowest BCUT2D eigenvalue weighted by molar-refractivity contribution is -0.136. The van der Waals surface area contributed by atoms with Crippen molar-refractivity contribution in [3.8, 4) is 0 Å². The smallest absolute Gasteiger partial charge is 0.303 e. The number of hydrogen-bond acceptors (Lipinski definition) is 2.